The van der Waals surface area contributed by atoms with Crippen LogP contribution in [0.4, 0.5) is 11.5 Å². The maximum atomic E-state index is 11.1. The lowest BCUT2D eigenvalue weighted by Gasteiger charge is -2.13. The van der Waals surface area contributed by atoms with Crippen molar-refractivity contribution in [3.63, 3.8) is 0 Å². The fourth-order valence-corrected chi connectivity index (χ4v) is 1.70. The second kappa shape index (κ2) is 4.96. The zero-order valence-electron chi connectivity index (χ0n) is 11.7. The number of aromatic nitrogens is 2. The zero-order chi connectivity index (χ0) is 14.1. The van der Waals surface area contributed by atoms with E-state index in [1.54, 1.807) is 4.68 Å². The van der Waals surface area contributed by atoms with E-state index in [9.17, 15) is 10.1 Å². The molecule has 0 aliphatic rings. The quantitative estimate of drug-likeness (QED) is 0.661. The molecule has 2 N–H and O–H groups in total. The van der Waals surface area contributed by atoms with Crippen molar-refractivity contribution in [1.29, 1.82) is 0 Å². The second-order valence-corrected chi connectivity index (χ2v) is 6.00. The van der Waals surface area contributed by atoms with Gasteiger partial charge in [-0.05, 0) is 12.3 Å². The van der Waals surface area contributed by atoms with Crippen LogP contribution >= 0.6 is 0 Å². The molecule has 0 radical (unpaired) electrons. The minimum absolute atomic E-state index is 0.0498. The number of hydrogen-bond acceptors (Lipinski definition) is 4. The van der Waals surface area contributed by atoms with Crippen molar-refractivity contribution >= 4 is 11.5 Å². The van der Waals surface area contributed by atoms with Crippen LogP contribution in [0.3, 0.4) is 0 Å². The van der Waals surface area contributed by atoms with E-state index < -0.39 is 4.92 Å². The Hall–Kier alpha value is -1.59. The molecule has 102 valence electrons. The average Bonchev–Trinajstić information content (AvgIpc) is 2.52. The van der Waals surface area contributed by atoms with Crippen molar-refractivity contribution in [2.24, 2.45) is 5.92 Å². The van der Waals surface area contributed by atoms with Crippen LogP contribution in [0.1, 0.15) is 46.7 Å². The summed E-state index contributed by atoms with van der Waals surface area (Å²) >= 11 is 0. The van der Waals surface area contributed by atoms with E-state index in [0.717, 1.165) is 6.42 Å². The first-order chi connectivity index (χ1) is 8.14. The van der Waals surface area contributed by atoms with E-state index in [-0.39, 0.29) is 16.9 Å². The Morgan fingerprint density at radius 2 is 2.00 bits per heavy atom. The molecule has 0 spiro atoms. The van der Waals surface area contributed by atoms with Crippen molar-refractivity contribution in [1.82, 2.24) is 9.78 Å². The molecule has 0 aliphatic carbocycles. The first-order valence-electron chi connectivity index (χ1n) is 6.15. The Morgan fingerprint density at radius 1 is 1.44 bits per heavy atom. The third kappa shape index (κ3) is 3.00. The van der Waals surface area contributed by atoms with Gasteiger partial charge in [0.2, 0.25) is 5.82 Å². The molecule has 0 saturated heterocycles. The molecular weight excluding hydrogens is 232 g/mol. The van der Waals surface area contributed by atoms with E-state index in [4.69, 9.17) is 5.73 Å². The van der Waals surface area contributed by atoms with E-state index in [1.807, 2.05) is 20.8 Å². The van der Waals surface area contributed by atoms with Gasteiger partial charge in [-0.15, -0.1) is 0 Å². The van der Waals surface area contributed by atoms with Gasteiger partial charge < -0.3 is 5.73 Å². The third-order valence-corrected chi connectivity index (χ3v) is 2.78. The minimum Gasteiger partial charge on any atom is -0.378 e. The highest BCUT2D eigenvalue weighted by molar-refractivity contribution is 5.58. The monoisotopic (exact) mass is 254 g/mol. The topological polar surface area (TPSA) is 87.0 Å². The fraction of sp³-hybridized carbons (Fsp3) is 0.750. The Kier molecular flexibility index (Phi) is 3.98. The summed E-state index contributed by atoms with van der Waals surface area (Å²) in [5.41, 5.74) is 5.86. The number of rotatable bonds is 4. The Balaban J connectivity index is 3.20. The standard InChI is InChI=1S/C12H22N4O2/c1-8(2)6-7-15-11(13)9(16(17)18)10(14-15)12(3,4)5/h8H,6-7,13H2,1-5H3. The van der Waals surface area contributed by atoms with Crippen LogP contribution in [0, 0.1) is 16.0 Å². The number of hydrogen-bond donors (Lipinski definition) is 1. The molecule has 1 aromatic rings. The van der Waals surface area contributed by atoms with Gasteiger partial charge in [-0.2, -0.15) is 5.10 Å². The van der Waals surface area contributed by atoms with Gasteiger partial charge in [0.05, 0.1) is 4.92 Å². The highest BCUT2D eigenvalue weighted by Gasteiger charge is 2.33. The first-order valence-corrected chi connectivity index (χ1v) is 6.15. The Labute approximate surface area is 107 Å². The van der Waals surface area contributed by atoms with Crippen LogP contribution in [0.25, 0.3) is 0 Å². The van der Waals surface area contributed by atoms with E-state index in [0.29, 0.717) is 18.2 Å². The number of anilines is 1. The molecule has 0 fully saturated rings. The Bertz CT molecular complexity index is 444. The molecular formula is C12H22N4O2. The van der Waals surface area contributed by atoms with Gasteiger partial charge in [0.25, 0.3) is 0 Å². The van der Waals surface area contributed by atoms with Gasteiger partial charge in [0, 0.05) is 12.0 Å². The van der Waals surface area contributed by atoms with Crippen LogP contribution in [0.5, 0.6) is 0 Å². The van der Waals surface area contributed by atoms with E-state index >= 15 is 0 Å². The van der Waals surface area contributed by atoms with Crippen molar-refractivity contribution in [2.45, 2.75) is 53.0 Å². The van der Waals surface area contributed by atoms with Gasteiger partial charge in [-0.1, -0.05) is 34.6 Å². The summed E-state index contributed by atoms with van der Waals surface area (Å²) in [5, 5.41) is 15.4. The number of aryl methyl sites for hydroxylation is 1. The van der Waals surface area contributed by atoms with Crippen molar-refractivity contribution < 1.29 is 4.92 Å². The molecule has 0 bridgehead atoms. The van der Waals surface area contributed by atoms with Crippen LogP contribution in [0.15, 0.2) is 0 Å². The summed E-state index contributed by atoms with van der Waals surface area (Å²) in [4.78, 5) is 10.7. The fourth-order valence-electron chi connectivity index (χ4n) is 1.70. The molecule has 0 atom stereocenters. The normalized spacial score (nSPS) is 12.1. The van der Waals surface area contributed by atoms with Crippen molar-refractivity contribution in [3.05, 3.63) is 15.8 Å². The van der Waals surface area contributed by atoms with E-state index in [1.165, 1.54) is 0 Å². The number of nitrogen functional groups attached to an aromatic ring is 1. The molecule has 0 aliphatic heterocycles. The van der Waals surface area contributed by atoms with Gasteiger partial charge in [0.15, 0.2) is 0 Å². The predicted octanol–water partition coefficient (Wildman–Crippen LogP) is 2.72. The maximum absolute atomic E-state index is 11.1. The molecule has 1 aromatic heterocycles. The summed E-state index contributed by atoms with van der Waals surface area (Å²) in [6.45, 7) is 10.5. The number of nitrogens with two attached hydrogens (primary N) is 1. The maximum Gasteiger partial charge on any atom is 0.334 e. The van der Waals surface area contributed by atoms with Gasteiger partial charge in [0.1, 0.15) is 5.69 Å². The summed E-state index contributed by atoms with van der Waals surface area (Å²) in [6.07, 6.45) is 0.895. The van der Waals surface area contributed by atoms with Gasteiger partial charge >= 0.3 is 5.69 Å². The van der Waals surface area contributed by atoms with Crippen LogP contribution in [0.2, 0.25) is 0 Å². The minimum atomic E-state index is -0.436. The zero-order valence-corrected chi connectivity index (χ0v) is 11.7. The number of nitrogens with zero attached hydrogens (tertiary/aromatic N) is 3. The molecule has 1 rings (SSSR count). The molecule has 0 aromatic carbocycles. The highest BCUT2D eigenvalue weighted by Crippen LogP contribution is 2.34. The van der Waals surface area contributed by atoms with Crippen molar-refractivity contribution in [3.8, 4) is 0 Å². The average molecular weight is 254 g/mol. The molecule has 0 saturated carbocycles. The highest BCUT2D eigenvalue weighted by atomic mass is 16.6. The lowest BCUT2D eigenvalue weighted by molar-refractivity contribution is -0.385. The van der Waals surface area contributed by atoms with Crippen LogP contribution in [-0.4, -0.2) is 14.7 Å². The largest absolute Gasteiger partial charge is 0.378 e. The third-order valence-electron chi connectivity index (χ3n) is 2.78. The molecule has 0 unspecified atom stereocenters. The lowest BCUT2D eigenvalue weighted by Crippen LogP contribution is -2.15. The molecule has 6 nitrogen and oxygen atoms in total. The summed E-state index contributed by atoms with van der Waals surface area (Å²) < 4.78 is 1.55. The lowest BCUT2D eigenvalue weighted by atomic mass is 9.91. The van der Waals surface area contributed by atoms with Gasteiger partial charge in [-0.25, -0.2) is 4.68 Å². The van der Waals surface area contributed by atoms with Crippen LogP contribution in [-0.2, 0) is 12.0 Å². The predicted molar refractivity (Wildman–Crippen MR) is 71.4 cm³/mol. The summed E-state index contributed by atoms with van der Waals surface area (Å²) in [6, 6.07) is 0. The summed E-state index contributed by atoms with van der Waals surface area (Å²) in [5.74, 6) is 0.663. The Morgan fingerprint density at radius 3 is 2.33 bits per heavy atom. The smallest absolute Gasteiger partial charge is 0.334 e. The number of nitro groups is 1. The van der Waals surface area contributed by atoms with Crippen molar-refractivity contribution in [2.75, 3.05) is 5.73 Å². The van der Waals surface area contributed by atoms with E-state index in [2.05, 4.69) is 18.9 Å². The second-order valence-electron chi connectivity index (χ2n) is 6.00. The van der Waals surface area contributed by atoms with Gasteiger partial charge in [-0.3, -0.25) is 10.1 Å². The SMILES string of the molecule is CC(C)CCn1nc(C(C)(C)C)c([N+](=O)[O-])c1N. The molecule has 1 heterocycles. The molecule has 0 amide bonds. The molecule has 18 heavy (non-hydrogen) atoms. The molecule has 6 heteroatoms. The summed E-state index contributed by atoms with van der Waals surface area (Å²) in [7, 11) is 0. The first kappa shape index (κ1) is 14.5. The van der Waals surface area contributed by atoms with Crippen LogP contribution < -0.4 is 5.73 Å².